The molecule has 0 unspecified atom stereocenters. The number of halogens is 1. The van der Waals surface area contributed by atoms with E-state index in [9.17, 15) is 4.79 Å². The maximum atomic E-state index is 10.9. The lowest BCUT2D eigenvalue weighted by molar-refractivity contribution is -0.148. The van der Waals surface area contributed by atoms with Gasteiger partial charge in [-0.1, -0.05) is 17.7 Å². The Morgan fingerprint density at radius 2 is 2.17 bits per heavy atom. The van der Waals surface area contributed by atoms with E-state index in [4.69, 9.17) is 27.2 Å². The number of hydrogen-bond donors (Lipinski definition) is 2. The summed E-state index contributed by atoms with van der Waals surface area (Å²) in [5, 5.41) is 9.41. The number of aliphatic carboxylic acids is 1. The van der Waals surface area contributed by atoms with E-state index in [1.54, 1.807) is 26.0 Å². The van der Waals surface area contributed by atoms with E-state index in [1.807, 2.05) is 13.0 Å². The summed E-state index contributed by atoms with van der Waals surface area (Å²) in [7, 11) is 0. The van der Waals surface area contributed by atoms with Crippen molar-refractivity contribution in [3.8, 4) is 5.75 Å². The fraction of sp³-hybridized carbons (Fsp3) is 0.462. The van der Waals surface area contributed by atoms with Crippen molar-refractivity contribution in [2.75, 3.05) is 6.61 Å². The highest BCUT2D eigenvalue weighted by Gasteiger charge is 2.28. The predicted octanol–water partition coefficient (Wildman–Crippen LogP) is 2.85. The van der Waals surface area contributed by atoms with Crippen molar-refractivity contribution in [1.82, 2.24) is 0 Å². The van der Waals surface area contributed by atoms with E-state index >= 15 is 0 Å². The average molecular weight is 272 g/mol. The zero-order chi connectivity index (χ0) is 13.9. The van der Waals surface area contributed by atoms with Crippen LogP contribution in [0.4, 0.5) is 0 Å². The number of nitrogens with two attached hydrogens (primary N) is 1. The molecule has 0 heterocycles. The number of carbonyl (C=O) groups is 1. The van der Waals surface area contributed by atoms with Gasteiger partial charge in [-0.3, -0.25) is 4.79 Å². The van der Waals surface area contributed by atoms with Crippen molar-refractivity contribution in [2.24, 2.45) is 11.1 Å². The van der Waals surface area contributed by atoms with Gasteiger partial charge in [-0.05, 0) is 38.5 Å². The van der Waals surface area contributed by atoms with E-state index < -0.39 is 11.4 Å². The number of rotatable bonds is 5. The van der Waals surface area contributed by atoms with E-state index in [2.05, 4.69) is 0 Å². The number of hydrogen-bond acceptors (Lipinski definition) is 3. The molecule has 4 nitrogen and oxygen atoms in total. The molecule has 0 aliphatic heterocycles. The zero-order valence-electron chi connectivity index (χ0n) is 10.7. The largest absolute Gasteiger partial charge is 0.491 e. The Bertz CT molecular complexity index is 444. The molecular formula is C13H18ClNO3. The molecule has 5 heteroatoms. The lowest BCUT2D eigenvalue weighted by Crippen LogP contribution is -2.30. The van der Waals surface area contributed by atoms with Gasteiger partial charge in [0.15, 0.2) is 0 Å². The van der Waals surface area contributed by atoms with Gasteiger partial charge in [0.1, 0.15) is 12.4 Å². The van der Waals surface area contributed by atoms with Gasteiger partial charge in [-0.25, -0.2) is 0 Å². The molecule has 0 bridgehead atoms. The first-order valence-electron chi connectivity index (χ1n) is 5.65. The van der Waals surface area contributed by atoms with Crippen LogP contribution in [0.1, 0.15) is 32.4 Å². The smallest absolute Gasteiger partial charge is 0.312 e. The number of ether oxygens (including phenoxy) is 1. The molecule has 3 N–H and O–H groups in total. The summed E-state index contributed by atoms with van der Waals surface area (Å²) in [6.45, 7) is 5.11. The Morgan fingerprint density at radius 3 is 2.61 bits per heavy atom. The van der Waals surface area contributed by atoms with Gasteiger partial charge in [0.05, 0.1) is 10.4 Å². The number of benzene rings is 1. The zero-order valence-corrected chi connectivity index (χ0v) is 11.5. The molecule has 0 saturated heterocycles. The summed E-state index contributed by atoms with van der Waals surface area (Å²) in [6, 6.07) is 5.15. The summed E-state index contributed by atoms with van der Waals surface area (Å²) in [5.74, 6) is -0.443. The number of carboxylic acids is 1. The van der Waals surface area contributed by atoms with Crippen LogP contribution in [-0.4, -0.2) is 17.7 Å². The molecule has 0 aromatic heterocycles. The Labute approximate surface area is 112 Å². The van der Waals surface area contributed by atoms with Crippen LogP contribution in [0.25, 0.3) is 0 Å². The highest BCUT2D eigenvalue weighted by atomic mass is 35.5. The quantitative estimate of drug-likeness (QED) is 0.864. The summed E-state index contributed by atoms with van der Waals surface area (Å²) >= 11 is 6.05. The average Bonchev–Trinajstić information content (AvgIpc) is 2.26. The standard InChI is InChI=1S/C13H18ClNO3/c1-8(15)9-4-5-11(10(14)6-9)18-7-13(2,3)12(16)17/h4-6,8H,7,15H2,1-3H3,(H,16,17)/t8-/m0/s1. The van der Waals surface area contributed by atoms with Crippen LogP contribution in [0.5, 0.6) is 5.75 Å². The first kappa shape index (κ1) is 14.8. The minimum Gasteiger partial charge on any atom is -0.491 e. The molecule has 0 radical (unpaired) electrons. The first-order chi connectivity index (χ1) is 8.24. The maximum absolute atomic E-state index is 10.9. The minimum absolute atomic E-state index is 0.0551. The summed E-state index contributed by atoms with van der Waals surface area (Å²) < 4.78 is 5.44. The monoisotopic (exact) mass is 271 g/mol. The molecule has 1 rings (SSSR count). The van der Waals surface area contributed by atoms with Crippen LogP contribution in [0.3, 0.4) is 0 Å². The Kier molecular flexibility index (Phi) is 4.59. The highest BCUT2D eigenvalue weighted by Crippen LogP contribution is 2.29. The summed E-state index contributed by atoms with van der Waals surface area (Å²) in [6.07, 6.45) is 0. The van der Waals surface area contributed by atoms with Crippen LogP contribution < -0.4 is 10.5 Å². The second kappa shape index (κ2) is 5.59. The van der Waals surface area contributed by atoms with Gasteiger partial charge in [0.2, 0.25) is 0 Å². The van der Waals surface area contributed by atoms with E-state index in [0.717, 1.165) is 5.56 Å². The lowest BCUT2D eigenvalue weighted by Gasteiger charge is -2.20. The molecule has 0 saturated carbocycles. The van der Waals surface area contributed by atoms with Crippen LogP contribution >= 0.6 is 11.6 Å². The van der Waals surface area contributed by atoms with Crippen LogP contribution in [0, 0.1) is 5.41 Å². The molecule has 100 valence electrons. The number of carboxylic acid groups (broad SMARTS) is 1. The third kappa shape index (κ3) is 3.62. The normalized spacial score (nSPS) is 13.2. The fourth-order valence-electron chi connectivity index (χ4n) is 1.24. The van der Waals surface area contributed by atoms with Gasteiger partial charge >= 0.3 is 5.97 Å². The Hall–Kier alpha value is -1.26. The summed E-state index contributed by atoms with van der Waals surface area (Å²) in [5.41, 5.74) is 5.69. The van der Waals surface area contributed by atoms with E-state index in [1.165, 1.54) is 0 Å². The molecule has 1 aromatic rings. The van der Waals surface area contributed by atoms with Crippen molar-refractivity contribution in [3.05, 3.63) is 28.8 Å². The van der Waals surface area contributed by atoms with Gasteiger partial charge < -0.3 is 15.6 Å². The summed E-state index contributed by atoms with van der Waals surface area (Å²) in [4.78, 5) is 10.9. The lowest BCUT2D eigenvalue weighted by atomic mass is 9.95. The van der Waals surface area contributed by atoms with Gasteiger partial charge in [-0.2, -0.15) is 0 Å². The SMILES string of the molecule is C[C@H](N)c1ccc(OCC(C)(C)C(=O)O)c(Cl)c1. The van der Waals surface area contributed by atoms with Gasteiger partial charge in [0.25, 0.3) is 0 Å². The fourth-order valence-corrected chi connectivity index (χ4v) is 1.48. The van der Waals surface area contributed by atoms with Crippen LogP contribution in [0.15, 0.2) is 18.2 Å². The van der Waals surface area contributed by atoms with Crippen molar-refractivity contribution >= 4 is 17.6 Å². The molecular weight excluding hydrogens is 254 g/mol. The highest BCUT2D eigenvalue weighted by molar-refractivity contribution is 6.32. The Morgan fingerprint density at radius 1 is 1.56 bits per heavy atom. The van der Waals surface area contributed by atoms with Crippen molar-refractivity contribution in [2.45, 2.75) is 26.8 Å². The third-order valence-electron chi connectivity index (χ3n) is 2.65. The molecule has 0 amide bonds. The second-order valence-corrected chi connectivity index (χ2v) is 5.36. The first-order valence-corrected chi connectivity index (χ1v) is 6.03. The maximum Gasteiger partial charge on any atom is 0.312 e. The van der Waals surface area contributed by atoms with E-state index in [0.29, 0.717) is 10.8 Å². The van der Waals surface area contributed by atoms with Crippen molar-refractivity contribution in [3.63, 3.8) is 0 Å². The minimum atomic E-state index is -0.955. The van der Waals surface area contributed by atoms with Crippen LogP contribution in [-0.2, 0) is 4.79 Å². The molecule has 0 fully saturated rings. The van der Waals surface area contributed by atoms with E-state index in [-0.39, 0.29) is 12.6 Å². The van der Waals surface area contributed by atoms with Gasteiger partial charge in [-0.15, -0.1) is 0 Å². The second-order valence-electron chi connectivity index (χ2n) is 4.96. The van der Waals surface area contributed by atoms with Crippen LogP contribution in [0.2, 0.25) is 5.02 Å². The Balaban J connectivity index is 2.78. The third-order valence-corrected chi connectivity index (χ3v) is 2.94. The topological polar surface area (TPSA) is 72.5 Å². The molecule has 0 aliphatic rings. The molecule has 0 spiro atoms. The van der Waals surface area contributed by atoms with Crippen molar-refractivity contribution < 1.29 is 14.6 Å². The predicted molar refractivity (Wildman–Crippen MR) is 71.0 cm³/mol. The molecule has 1 atom stereocenters. The van der Waals surface area contributed by atoms with Crippen molar-refractivity contribution in [1.29, 1.82) is 0 Å². The molecule has 18 heavy (non-hydrogen) atoms. The molecule has 0 aliphatic carbocycles. The van der Waals surface area contributed by atoms with Gasteiger partial charge in [0, 0.05) is 6.04 Å². The molecule has 1 aromatic carbocycles.